The lowest BCUT2D eigenvalue weighted by atomic mass is 9.76. The molecule has 1 N–H and O–H groups in total. The Labute approximate surface area is 147 Å². The normalized spacial score (nSPS) is 29.4. The van der Waals surface area contributed by atoms with Gasteiger partial charge >= 0.3 is 0 Å². The second kappa shape index (κ2) is 6.53. The van der Waals surface area contributed by atoms with Gasteiger partial charge < -0.3 is 5.11 Å². The number of hydrogen-bond acceptors (Lipinski definition) is 4. The van der Waals surface area contributed by atoms with Crippen LogP contribution < -0.4 is 0 Å². The summed E-state index contributed by atoms with van der Waals surface area (Å²) in [5.41, 5.74) is -0.110. The van der Waals surface area contributed by atoms with Crippen LogP contribution in [0.15, 0.2) is 18.2 Å². The van der Waals surface area contributed by atoms with Gasteiger partial charge in [0.25, 0.3) is 0 Å². The third-order valence-electron chi connectivity index (χ3n) is 5.19. The summed E-state index contributed by atoms with van der Waals surface area (Å²) in [6.45, 7) is 2.42. The summed E-state index contributed by atoms with van der Waals surface area (Å²) < 4.78 is 38.4. The van der Waals surface area contributed by atoms with E-state index in [0.717, 1.165) is 0 Å². The molecule has 2 heterocycles. The monoisotopic (exact) mass is 376 g/mol. The first-order valence-corrected chi connectivity index (χ1v) is 10.2. The molecule has 3 rings (SSSR count). The standard InChI is InChI=1S/C16H22ClFN2O3S/c1-24(22,23)20-7-5-16(21)4-6-19(10-13(16)11-20)9-12-8-14(18)2-3-15(12)17/h2-3,8,13,21H,4-7,9-11H2,1H3/t13-,16-/m1/s1. The molecule has 1 aromatic carbocycles. The predicted molar refractivity (Wildman–Crippen MR) is 90.8 cm³/mol. The van der Waals surface area contributed by atoms with E-state index in [-0.39, 0.29) is 11.7 Å². The van der Waals surface area contributed by atoms with Crippen molar-refractivity contribution in [3.63, 3.8) is 0 Å². The smallest absolute Gasteiger partial charge is 0.211 e. The van der Waals surface area contributed by atoms with Crippen LogP contribution in [0.25, 0.3) is 0 Å². The van der Waals surface area contributed by atoms with Gasteiger partial charge in [-0.1, -0.05) is 11.6 Å². The lowest BCUT2D eigenvalue weighted by molar-refractivity contribution is -0.103. The van der Waals surface area contributed by atoms with Crippen LogP contribution in [0.2, 0.25) is 5.02 Å². The average molecular weight is 377 g/mol. The highest BCUT2D eigenvalue weighted by Gasteiger charge is 2.46. The molecule has 2 aliphatic heterocycles. The Morgan fingerprint density at radius 1 is 1.33 bits per heavy atom. The minimum absolute atomic E-state index is 0.151. The van der Waals surface area contributed by atoms with E-state index in [2.05, 4.69) is 4.90 Å². The molecule has 0 aliphatic carbocycles. The van der Waals surface area contributed by atoms with Crippen molar-refractivity contribution in [1.29, 1.82) is 0 Å². The summed E-state index contributed by atoms with van der Waals surface area (Å²) in [5, 5.41) is 11.3. The van der Waals surface area contributed by atoms with Gasteiger partial charge in [-0.3, -0.25) is 4.90 Å². The van der Waals surface area contributed by atoms with Crippen LogP contribution >= 0.6 is 11.6 Å². The number of nitrogens with zero attached hydrogens (tertiary/aromatic N) is 2. The number of aliphatic hydroxyl groups is 1. The van der Waals surface area contributed by atoms with Crippen LogP contribution in [0, 0.1) is 11.7 Å². The third-order valence-corrected chi connectivity index (χ3v) is 6.83. The highest BCUT2D eigenvalue weighted by atomic mass is 35.5. The lowest BCUT2D eigenvalue weighted by Crippen LogP contribution is -2.60. The maximum atomic E-state index is 13.4. The molecule has 0 unspecified atom stereocenters. The van der Waals surface area contributed by atoms with E-state index in [1.165, 1.54) is 22.7 Å². The van der Waals surface area contributed by atoms with Crippen molar-refractivity contribution in [2.45, 2.75) is 25.0 Å². The van der Waals surface area contributed by atoms with Crippen LogP contribution in [0.4, 0.5) is 4.39 Å². The molecule has 24 heavy (non-hydrogen) atoms. The SMILES string of the molecule is CS(=O)(=O)N1CC[C@]2(O)CCN(Cc3cc(F)ccc3Cl)C[C@@H]2C1. The van der Waals surface area contributed by atoms with Crippen LogP contribution in [0.5, 0.6) is 0 Å². The number of fused-ring (bicyclic) bond motifs is 1. The lowest BCUT2D eigenvalue weighted by Gasteiger charge is -2.49. The number of likely N-dealkylation sites (tertiary alicyclic amines) is 1. The van der Waals surface area contributed by atoms with Crippen molar-refractivity contribution in [2.24, 2.45) is 5.92 Å². The molecule has 134 valence electrons. The van der Waals surface area contributed by atoms with E-state index in [4.69, 9.17) is 11.6 Å². The van der Waals surface area contributed by atoms with Crippen molar-refractivity contribution in [3.05, 3.63) is 34.6 Å². The van der Waals surface area contributed by atoms with Crippen molar-refractivity contribution in [2.75, 3.05) is 32.4 Å². The highest BCUT2D eigenvalue weighted by Crippen LogP contribution is 2.36. The Morgan fingerprint density at radius 2 is 2.04 bits per heavy atom. The molecule has 0 aromatic heterocycles. The Balaban J connectivity index is 1.72. The minimum atomic E-state index is -3.26. The number of benzene rings is 1. The molecule has 2 fully saturated rings. The fourth-order valence-electron chi connectivity index (χ4n) is 3.69. The molecule has 2 atom stereocenters. The maximum absolute atomic E-state index is 13.4. The zero-order chi connectivity index (χ0) is 17.5. The second-order valence-electron chi connectivity index (χ2n) is 6.89. The topological polar surface area (TPSA) is 60.9 Å². The molecule has 0 radical (unpaired) electrons. The van der Waals surface area contributed by atoms with Gasteiger partial charge in [-0.15, -0.1) is 0 Å². The highest BCUT2D eigenvalue weighted by molar-refractivity contribution is 7.88. The molecule has 8 heteroatoms. The third kappa shape index (κ3) is 3.75. The van der Waals surface area contributed by atoms with Crippen molar-refractivity contribution in [3.8, 4) is 0 Å². The fraction of sp³-hybridized carbons (Fsp3) is 0.625. The Kier molecular flexibility index (Phi) is 4.92. The molecule has 0 spiro atoms. The number of piperidine rings is 2. The number of hydrogen-bond donors (Lipinski definition) is 1. The van der Waals surface area contributed by atoms with Gasteiger partial charge in [0.2, 0.25) is 10.0 Å². The second-order valence-corrected chi connectivity index (χ2v) is 9.28. The number of halogens is 2. The average Bonchev–Trinajstić information content (AvgIpc) is 2.49. The molecule has 0 bridgehead atoms. The van der Waals surface area contributed by atoms with E-state index in [1.54, 1.807) is 6.07 Å². The zero-order valence-electron chi connectivity index (χ0n) is 13.6. The molecule has 1 aromatic rings. The molecule has 0 saturated carbocycles. The van der Waals surface area contributed by atoms with E-state index < -0.39 is 15.6 Å². The van der Waals surface area contributed by atoms with E-state index >= 15 is 0 Å². The van der Waals surface area contributed by atoms with Crippen molar-refractivity contribution in [1.82, 2.24) is 9.21 Å². The molecular weight excluding hydrogens is 355 g/mol. The number of sulfonamides is 1. The molecule has 0 amide bonds. The molecule has 2 saturated heterocycles. The van der Waals surface area contributed by atoms with E-state index in [0.29, 0.717) is 56.2 Å². The van der Waals surface area contributed by atoms with Gasteiger partial charge in [0.05, 0.1) is 11.9 Å². The Hall–Kier alpha value is -0.730. The summed E-state index contributed by atoms with van der Waals surface area (Å²) in [7, 11) is -3.26. The summed E-state index contributed by atoms with van der Waals surface area (Å²) in [5.74, 6) is -0.481. The first-order chi connectivity index (χ1) is 11.2. The number of rotatable bonds is 3. The maximum Gasteiger partial charge on any atom is 0.211 e. The van der Waals surface area contributed by atoms with Gasteiger partial charge in [-0.05, 0) is 36.6 Å². The first kappa shape index (κ1) is 18.1. The van der Waals surface area contributed by atoms with Crippen molar-refractivity contribution >= 4 is 21.6 Å². The van der Waals surface area contributed by atoms with Crippen LogP contribution in [-0.2, 0) is 16.6 Å². The predicted octanol–water partition coefficient (Wildman–Crippen LogP) is 1.70. The van der Waals surface area contributed by atoms with Gasteiger partial charge in [0, 0.05) is 43.7 Å². The van der Waals surface area contributed by atoms with E-state index in [1.807, 2.05) is 0 Å². The molecule has 5 nitrogen and oxygen atoms in total. The van der Waals surface area contributed by atoms with E-state index in [9.17, 15) is 17.9 Å². The van der Waals surface area contributed by atoms with Crippen LogP contribution in [-0.4, -0.2) is 60.8 Å². The fourth-order valence-corrected chi connectivity index (χ4v) is 4.74. The summed E-state index contributed by atoms with van der Waals surface area (Å²) in [6.07, 6.45) is 2.24. The summed E-state index contributed by atoms with van der Waals surface area (Å²) >= 11 is 6.13. The van der Waals surface area contributed by atoms with Gasteiger partial charge in [-0.25, -0.2) is 17.1 Å². The van der Waals surface area contributed by atoms with Gasteiger partial charge in [-0.2, -0.15) is 0 Å². The van der Waals surface area contributed by atoms with Gasteiger partial charge in [0.15, 0.2) is 0 Å². The quantitative estimate of drug-likeness (QED) is 0.872. The molecule has 2 aliphatic rings. The summed E-state index contributed by atoms with van der Waals surface area (Å²) in [6, 6.07) is 4.29. The first-order valence-electron chi connectivity index (χ1n) is 8.01. The minimum Gasteiger partial charge on any atom is -0.389 e. The Morgan fingerprint density at radius 3 is 2.75 bits per heavy atom. The van der Waals surface area contributed by atoms with Crippen LogP contribution in [0.1, 0.15) is 18.4 Å². The van der Waals surface area contributed by atoms with Gasteiger partial charge in [0.1, 0.15) is 5.82 Å². The van der Waals surface area contributed by atoms with Crippen LogP contribution in [0.3, 0.4) is 0 Å². The largest absolute Gasteiger partial charge is 0.389 e. The Bertz CT molecular complexity index is 730. The van der Waals surface area contributed by atoms with Crippen molar-refractivity contribution < 1.29 is 17.9 Å². The molecular formula is C16H22ClFN2O3S. The zero-order valence-corrected chi connectivity index (χ0v) is 15.2. The summed E-state index contributed by atoms with van der Waals surface area (Å²) in [4.78, 5) is 2.10.